The molecule has 4 nitrogen and oxygen atoms in total. The summed E-state index contributed by atoms with van der Waals surface area (Å²) in [6.07, 6.45) is 0. The number of hydrogen-bond acceptors (Lipinski definition) is 4. The largest absolute Gasteiger partial charge is 0.480 e. The molecule has 0 aliphatic carbocycles. The van der Waals surface area contributed by atoms with Crippen LogP contribution in [0.1, 0.15) is 12.5 Å². The second-order valence-electron chi connectivity index (χ2n) is 3.97. The van der Waals surface area contributed by atoms with Gasteiger partial charge in [-0.05, 0) is 18.1 Å². The van der Waals surface area contributed by atoms with Crippen LogP contribution in [-0.2, 0) is 9.59 Å². The van der Waals surface area contributed by atoms with Gasteiger partial charge in [-0.2, -0.15) is 0 Å². The third-order valence-corrected chi connectivity index (χ3v) is 4.24. The highest BCUT2D eigenvalue weighted by molar-refractivity contribution is 8.26. The van der Waals surface area contributed by atoms with E-state index in [0.717, 1.165) is 27.8 Å². The number of amides is 1. The van der Waals surface area contributed by atoms with Gasteiger partial charge < -0.3 is 5.11 Å². The highest BCUT2D eigenvalue weighted by Gasteiger charge is 2.34. The van der Waals surface area contributed by atoms with E-state index in [2.05, 4.69) is 0 Å². The molecule has 0 radical (unpaired) electrons. The molecular formula is C13H11NO3S2. The molecule has 0 spiro atoms. The van der Waals surface area contributed by atoms with E-state index >= 15 is 0 Å². The van der Waals surface area contributed by atoms with Crippen LogP contribution in [0.15, 0.2) is 35.2 Å². The molecule has 1 aliphatic rings. The lowest BCUT2D eigenvalue weighted by Crippen LogP contribution is -2.33. The van der Waals surface area contributed by atoms with Crippen LogP contribution in [0.4, 0.5) is 0 Å². The highest BCUT2D eigenvalue weighted by atomic mass is 32.2. The zero-order valence-electron chi connectivity index (χ0n) is 10.1. The van der Waals surface area contributed by atoms with Crippen LogP contribution >= 0.6 is 24.0 Å². The minimum absolute atomic E-state index is 0.290. The Labute approximate surface area is 120 Å². The van der Waals surface area contributed by atoms with Crippen molar-refractivity contribution in [3.05, 3.63) is 40.8 Å². The molecule has 0 bridgehead atoms. The van der Waals surface area contributed by atoms with Crippen molar-refractivity contribution in [2.24, 2.45) is 0 Å². The Morgan fingerprint density at radius 2 is 2.00 bits per heavy atom. The number of thiocarbonyl (C=S) groups is 1. The summed E-state index contributed by atoms with van der Waals surface area (Å²) in [5.41, 5.74) is 1.74. The van der Waals surface area contributed by atoms with Crippen molar-refractivity contribution < 1.29 is 14.7 Å². The predicted molar refractivity (Wildman–Crippen MR) is 78.6 cm³/mol. The SMILES string of the molecule is C/C(=C1/SC(=S)N(CC(=O)O)C1=O)c1ccccc1. The zero-order chi connectivity index (χ0) is 14.0. The monoisotopic (exact) mass is 293 g/mol. The minimum Gasteiger partial charge on any atom is -0.480 e. The fourth-order valence-corrected chi connectivity index (χ4v) is 3.02. The lowest BCUT2D eigenvalue weighted by Gasteiger charge is -2.10. The smallest absolute Gasteiger partial charge is 0.323 e. The van der Waals surface area contributed by atoms with E-state index in [1.807, 2.05) is 37.3 Å². The quantitative estimate of drug-likeness (QED) is 0.685. The van der Waals surface area contributed by atoms with Gasteiger partial charge >= 0.3 is 5.97 Å². The molecular weight excluding hydrogens is 282 g/mol. The predicted octanol–water partition coefficient (Wildman–Crippen LogP) is 2.36. The molecule has 0 unspecified atom stereocenters. The number of carboxylic acids is 1. The molecule has 0 aromatic heterocycles. The van der Waals surface area contributed by atoms with Crippen LogP contribution in [0.25, 0.3) is 5.57 Å². The molecule has 1 heterocycles. The summed E-state index contributed by atoms with van der Waals surface area (Å²) in [6, 6.07) is 9.47. The number of thioether (sulfide) groups is 1. The Kier molecular flexibility index (Phi) is 4.01. The second kappa shape index (κ2) is 5.54. The van der Waals surface area contributed by atoms with Crippen molar-refractivity contribution in [3.8, 4) is 0 Å². The van der Waals surface area contributed by atoms with Gasteiger partial charge in [-0.1, -0.05) is 54.3 Å². The molecule has 1 N–H and O–H groups in total. The van der Waals surface area contributed by atoms with E-state index in [4.69, 9.17) is 17.3 Å². The molecule has 98 valence electrons. The molecule has 0 saturated carbocycles. The Balaban J connectivity index is 2.35. The van der Waals surface area contributed by atoms with E-state index in [1.165, 1.54) is 0 Å². The fraction of sp³-hybridized carbons (Fsp3) is 0.154. The van der Waals surface area contributed by atoms with Crippen LogP contribution in [0.2, 0.25) is 0 Å². The van der Waals surface area contributed by atoms with Crippen molar-refractivity contribution in [2.75, 3.05) is 6.54 Å². The van der Waals surface area contributed by atoms with Crippen molar-refractivity contribution in [2.45, 2.75) is 6.92 Å². The van der Waals surface area contributed by atoms with Crippen LogP contribution in [0.3, 0.4) is 0 Å². The van der Waals surface area contributed by atoms with Crippen LogP contribution < -0.4 is 0 Å². The van der Waals surface area contributed by atoms with Gasteiger partial charge in [-0.3, -0.25) is 14.5 Å². The summed E-state index contributed by atoms with van der Waals surface area (Å²) in [7, 11) is 0. The van der Waals surface area contributed by atoms with Crippen molar-refractivity contribution in [1.82, 2.24) is 4.90 Å². The van der Waals surface area contributed by atoms with Crippen molar-refractivity contribution in [3.63, 3.8) is 0 Å². The van der Waals surface area contributed by atoms with E-state index in [1.54, 1.807) is 0 Å². The molecule has 1 fully saturated rings. The normalized spacial score (nSPS) is 17.8. The molecule has 2 rings (SSSR count). The lowest BCUT2D eigenvalue weighted by atomic mass is 10.1. The van der Waals surface area contributed by atoms with Gasteiger partial charge in [0.15, 0.2) is 0 Å². The molecule has 19 heavy (non-hydrogen) atoms. The average molecular weight is 293 g/mol. The Hall–Kier alpha value is -1.66. The third-order valence-electron chi connectivity index (χ3n) is 2.69. The molecule has 6 heteroatoms. The summed E-state index contributed by atoms with van der Waals surface area (Å²) in [5, 5.41) is 8.77. The lowest BCUT2D eigenvalue weighted by molar-refractivity contribution is -0.140. The van der Waals surface area contributed by atoms with Gasteiger partial charge in [-0.15, -0.1) is 0 Å². The average Bonchev–Trinajstić information content (AvgIpc) is 2.66. The molecule has 1 aromatic rings. The summed E-state index contributed by atoms with van der Waals surface area (Å²) >= 11 is 6.20. The van der Waals surface area contributed by atoms with Gasteiger partial charge in [0.2, 0.25) is 0 Å². The minimum atomic E-state index is -1.07. The maximum Gasteiger partial charge on any atom is 0.323 e. The number of rotatable bonds is 3. The van der Waals surface area contributed by atoms with Gasteiger partial charge in [0.1, 0.15) is 10.9 Å². The Bertz CT molecular complexity index is 581. The fourth-order valence-electron chi connectivity index (χ4n) is 1.72. The molecule has 1 aromatic carbocycles. The summed E-state index contributed by atoms with van der Waals surface area (Å²) in [4.78, 5) is 24.5. The van der Waals surface area contributed by atoms with Crippen molar-refractivity contribution in [1.29, 1.82) is 0 Å². The zero-order valence-corrected chi connectivity index (χ0v) is 11.8. The van der Waals surface area contributed by atoms with Crippen LogP contribution in [-0.4, -0.2) is 32.7 Å². The van der Waals surface area contributed by atoms with E-state index in [-0.39, 0.29) is 10.2 Å². The van der Waals surface area contributed by atoms with E-state index < -0.39 is 12.5 Å². The van der Waals surface area contributed by atoms with Crippen LogP contribution in [0, 0.1) is 0 Å². The van der Waals surface area contributed by atoms with E-state index in [0.29, 0.717) is 4.91 Å². The molecule has 1 aliphatic heterocycles. The second-order valence-corrected chi connectivity index (χ2v) is 5.62. The number of carbonyl (C=O) groups excluding carboxylic acids is 1. The van der Waals surface area contributed by atoms with Crippen LogP contribution in [0.5, 0.6) is 0 Å². The number of carbonyl (C=O) groups is 2. The Morgan fingerprint density at radius 3 is 2.58 bits per heavy atom. The standard InChI is InChI=1S/C13H11NO3S2/c1-8(9-5-3-2-4-6-9)11-12(17)14(7-10(15)16)13(18)19-11/h2-6H,7H2,1H3,(H,15,16)/b11-8-. The molecule has 1 saturated heterocycles. The number of benzene rings is 1. The van der Waals surface area contributed by atoms with Crippen molar-refractivity contribution >= 4 is 45.7 Å². The number of carboxylic acid groups (broad SMARTS) is 1. The maximum absolute atomic E-state index is 12.2. The molecule has 1 amide bonds. The summed E-state index contributed by atoms with van der Waals surface area (Å²) in [6.45, 7) is 1.44. The third kappa shape index (κ3) is 2.85. The number of hydrogen-bond donors (Lipinski definition) is 1. The first-order valence-corrected chi connectivity index (χ1v) is 6.75. The number of nitrogens with zero attached hydrogens (tertiary/aromatic N) is 1. The van der Waals surface area contributed by atoms with Gasteiger partial charge in [0.25, 0.3) is 5.91 Å². The first kappa shape index (κ1) is 13.8. The highest BCUT2D eigenvalue weighted by Crippen LogP contribution is 2.36. The summed E-state index contributed by atoms with van der Waals surface area (Å²) in [5.74, 6) is -1.41. The number of allylic oxidation sites excluding steroid dienone is 1. The van der Waals surface area contributed by atoms with Gasteiger partial charge in [0.05, 0.1) is 4.91 Å². The van der Waals surface area contributed by atoms with E-state index in [9.17, 15) is 9.59 Å². The van der Waals surface area contributed by atoms with Gasteiger partial charge in [-0.25, -0.2) is 0 Å². The topological polar surface area (TPSA) is 57.6 Å². The first-order valence-electron chi connectivity index (χ1n) is 5.52. The number of aliphatic carboxylic acids is 1. The first-order chi connectivity index (χ1) is 9.00. The maximum atomic E-state index is 12.2. The van der Waals surface area contributed by atoms with Gasteiger partial charge in [0, 0.05) is 0 Å². The molecule has 0 atom stereocenters. The Morgan fingerprint density at radius 1 is 1.37 bits per heavy atom. The summed E-state index contributed by atoms with van der Waals surface area (Å²) < 4.78 is 0.290.